The third-order valence-electron chi connectivity index (χ3n) is 8.21. The van der Waals surface area contributed by atoms with Crippen LogP contribution in [0.3, 0.4) is 0 Å². The van der Waals surface area contributed by atoms with Crippen molar-refractivity contribution in [3.8, 4) is 0 Å². The molecule has 0 aromatic heterocycles. The molecule has 1 amide bonds. The second-order valence-corrected chi connectivity index (χ2v) is 14.2. The first-order chi connectivity index (χ1) is 22.9. The van der Waals surface area contributed by atoms with E-state index in [1.807, 2.05) is 6.08 Å². The van der Waals surface area contributed by atoms with Crippen molar-refractivity contribution in [3.05, 3.63) is 36.5 Å². The summed E-state index contributed by atoms with van der Waals surface area (Å²) in [6.45, 7) is 3.97. The number of rotatable bonds is 35. The van der Waals surface area contributed by atoms with E-state index < -0.39 is 20.0 Å². The Morgan fingerprint density at radius 3 is 1.62 bits per heavy atom. The van der Waals surface area contributed by atoms with Gasteiger partial charge in [0.05, 0.1) is 25.4 Å². The number of carbonyl (C=O) groups excluding carboxylic acids is 1. The quantitative estimate of drug-likeness (QED) is 0.0297. The van der Waals surface area contributed by atoms with Gasteiger partial charge in [-0.05, 0) is 38.5 Å². The number of nitrogens with one attached hydrogen (secondary N) is 1. The Bertz CT molecular complexity index is 835. The highest BCUT2D eigenvalue weighted by Gasteiger charge is 2.26. The molecule has 0 rings (SSSR count). The predicted molar refractivity (Wildman–Crippen MR) is 198 cm³/mol. The van der Waals surface area contributed by atoms with Crippen LogP contribution in [0.15, 0.2) is 36.5 Å². The molecule has 0 radical (unpaired) electrons. The van der Waals surface area contributed by atoms with Gasteiger partial charge in [0, 0.05) is 13.0 Å². The molecule has 0 heterocycles. The summed E-state index contributed by atoms with van der Waals surface area (Å²) >= 11 is 0. The van der Waals surface area contributed by atoms with Gasteiger partial charge in [0.1, 0.15) is 0 Å². The molecule has 0 aromatic carbocycles. The molecule has 276 valence electrons. The number of carbonyl (C=O) groups is 1. The largest absolute Gasteiger partial charge is 0.472 e. The van der Waals surface area contributed by atoms with Crippen molar-refractivity contribution in [3.63, 3.8) is 0 Å². The molecule has 0 bridgehead atoms. The Morgan fingerprint density at radius 1 is 0.702 bits per heavy atom. The van der Waals surface area contributed by atoms with Crippen molar-refractivity contribution in [2.75, 3.05) is 19.8 Å². The van der Waals surface area contributed by atoms with Gasteiger partial charge in [0.25, 0.3) is 0 Å². The second kappa shape index (κ2) is 34.6. The number of aliphatic hydroxyl groups excluding tert-OH is 1. The van der Waals surface area contributed by atoms with E-state index in [0.29, 0.717) is 6.42 Å². The van der Waals surface area contributed by atoms with Crippen molar-refractivity contribution in [2.45, 2.75) is 180 Å². The Balaban J connectivity index is 4.22. The van der Waals surface area contributed by atoms with Gasteiger partial charge in [0.2, 0.25) is 5.91 Å². The number of aliphatic hydroxyl groups is 1. The van der Waals surface area contributed by atoms with Crippen LogP contribution in [0, 0.1) is 0 Å². The summed E-state index contributed by atoms with van der Waals surface area (Å²) in [5.74, 6) is -0.210. The van der Waals surface area contributed by atoms with Gasteiger partial charge in [-0.15, -0.1) is 0 Å². The Labute approximate surface area is 289 Å². The number of phosphoric acid groups is 1. The van der Waals surface area contributed by atoms with Crippen LogP contribution < -0.4 is 11.1 Å². The molecule has 0 saturated carbocycles. The molecule has 0 aliphatic carbocycles. The van der Waals surface area contributed by atoms with Crippen LogP contribution in [0.25, 0.3) is 0 Å². The van der Waals surface area contributed by atoms with E-state index in [1.165, 1.54) is 96.3 Å². The predicted octanol–water partition coefficient (Wildman–Crippen LogP) is 10.00. The van der Waals surface area contributed by atoms with E-state index in [-0.39, 0.29) is 25.7 Å². The number of hydrogen-bond donors (Lipinski definition) is 4. The minimum Gasteiger partial charge on any atom is -0.387 e. The zero-order valence-corrected chi connectivity index (χ0v) is 31.2. The normalized spacial score (nSPS) is 14.7. The Morgan fingerprint density at radius 2 is 1.15 bits per heavy atom. The van der Waals surface area contributed by atoms with Gasteiger partial charge in [-0.2, -0.15) is 0 Å². The first-order valence-electron chi connectivity index (χ1n) is 19.1. The number of hydrogen-bond acceptors (Lipinski definition) is 6. The summed E-state index contributed by atoms with van der Waals surface area (Å²) in [6, 6.07) is -0.878. The van der Waals surface area contributed by atoms with Gasteiger partial charge in [-0.25, -0.2) is 4.57 Å². The maximum Gasteiger partial charge on any atom is 0.472 e. The fourth-order valence-corrected chi connectivity index (χ4v) is 6.11. The van der Waals surface area contributed by atoms with Crippen LogP contribution in [-0.2, 0) is 18.4 Å². The maximum atomic E-state index is 12.7. The standard InChI is InChI=1S/C38H73N2O6P/c1-3-5-7-9-11-13-15-16-17-18-19-20-21-22-24-26-28-30-32-38(42)40-36(35-46-47(43,44)45-34-33-39)37(41)31-29-27-25-23-14-12-10-8-6-4-2/h6,8,14,23,29,31,36-37,41H,3-5,7,9-13,15-22,24-28,30,32-35,39H2,1-2H3,(H,40,42)(H,43,44)/b8-6+,23-14+,31-29+. The van der Waals surface area contributed by atoms with Gasteiger partial charge in [-0.3, -0.25) is 13.8 Å². The van der Waals surface area contributed by atoms with Gasteiger partial charge in [-0.1, -0.05) is 159 Å². The lowest BCUT2D eigenvalue weighted by atomic mass is 10.0. The molecule has 3 unspecified atom stereocenters. The molecular formula is C38H73N2O6P. The molecule has 0 saturated heterocycles. The van der Waals surface area contributed by atoms with Crippen LogP contribution in [0.4, 0.5) is 0 Å². The van der Waals surface area contributed by atoms with Crippen molar-refractivity contribution in [2.24, 2.45) is 5.73 Å². The van der Waals surface area contributed by atoms with Crippen LogP contribution in [0.1, 0.15) is 168 Å². The van der Waals surface area contributed by atoms with Crippen molar-refractivity contribution in [1.29, 1.82) is 0 Å². The first-order valence-corrected chi connectivity index (χ1v) is 20.6. The summed E-state index contributed by atoms with van der Waals surface area (Å²) < 4.78 is 22.0. The van der Waals surface area contributed by atoms with Crippen LogP contribution in [0.2, 0.25) is 0 Å². The lowest BCUT2D eigenvalue weighted by Crippen LogP contribution is -2.45. The highest BCUT2D eigenvalue weighted by Crippen LogP contribution is 2.43. The smallest absolute Gasteiger partial charge is 0.387 e. The summed E-state index contributed by atoms with van der Waals surface area (Å²) in [6.07, 6.45) is 39.2. The first kappa shape index (κ1) is 45.7. The monoisotopic (exact) mass is 685 g/mol. The SMILES string of the molecule is CC/C=C/CC/C=C/CC/C=C/C(O)C(COP(=O)(O)OCCN)NC(=O)CCCCCCCCCCCCCCCCCCCC. The molecule has 47 heavy (non-hydrogen) atoms. The maximum absolute atomic E-state index is 12.7. The van der Waals surface area contributed by atoms with Crippen molar-refractivity contribution in [1.82, 2.24) is 5.32 Å². The molecule has 0 aliphatic rings. The molecule has 9 heteroatoms. The molecule has 0 spiro atoms. The number of amides is 1. The molecule has 0 aromatic rings. The highest BCUT2D eigenvalue weighted by molar-refractivity contribution is 7.47. The fraction of sp³-hybridized carbons (Fsp3) is 0.816. The molecule has 8 nitrogen and oxygen atoms in total. The lowest BCUT2D eigenvalue weighted by molar-refractivity contribution is -0.123. The third-order valence-corrected chi connectivity index (χ3v) is 9.19. The van der Waals surface area contributed by atoms with Gasteiger partial charge in [0.15, 0.2) is 0 Å². The minimum atomic E-state index is -4.34. The lowest BCUT2D eigenvalue weighted by Gasteiger charge is -2.23. The van der Waals surface area contributed by atoms with E-state index in [1.54, 1.807) is 6.08 Å². The van der Waals surface area contributed by atoms with Crippen LogP contribution in [-0.4, -0.2) is 47.8 Å². The van der Waals surface area contributed by atoms with Crippen molar-refractivity contribution < 1.29 is 28.4 Å². The Hall–Kier alpha value is -1.28. The molecule has 3 atom stereocenters. The molecule has 0 aliphatic heterocycles. The van der Waals surface area contributed by atoms with E-state index in [0.717, 1.165) is 51.4 Å². The van der Waals surface area contributed by atoms with E-state index >= 15 is 0 Å². The fourth-order valence-electron chi connectivity index (χ4n) is 5.35. The van der Waals surface area contributed by atoms with E-state index in [2.05, 4.69) is 43.5 Å². The zero-order valence-electron chi connectivity index (χ0n) is 30.3. The summed E-state index contributed by atoms with van der Waals surface area (Å²) in [4.78, 5) is 22.6. The average molecular weight is 685 g/mol. The summed E-state index contributed by atoms with van der Waals surface area (Å²) in [5, 5.41) is 13.5. The zero-order chi connectivity index (χ0) is 34.7. The van der Waals surface area contributed by atoms with Crippen LogP contribution in [0.5, 0.6) is 0 Å². The Kier molecular flexibility index (Phi) is 33.6. The summed E-state index contributed by atoms with van der Waals surface area (Å²) in [7, 11) is -4.34. The van der Waals surface area contributed by atoms with Gasteiger partial charge >= 0.3 is 7.82 Å². The molecular weight excluding hydrogens is 611 g/mol. The van der Waals surface area contributed by atoms with Crippen LogP contribution >= 0.6 is 7.82 Å². The number of allylic oxidation sites excluding steroid dienone is 5. The highest BCUT2D eigenvalue weighted by atomic mass is 31.2. The topological polar surface area (TPSA) is 131 Å². The van der Waals surface area contributed by atoms with Crippen molar-refractivity contribution >= 4 is 13.7 Å². The third kappa shape index (κ3) is 33.0. The summed E-state index contributed by atoms with van der Waals surface area (Å²) in [5.41, 5.74) is 5.34. The number of nitrogens with two attached hydrogens (primary N) is 1. The number of phosphoric ester groups is 1. The molecule has 5 N–H and O–H groups in total. The second-order valence-electron chi connectivity index (χ2n) is 12.7. The van der Waals surface area contributed by atoms with Gasteiger partial charge < -0.3 is 21.1 Å². The number of unbranched alkanes of at least 4 members (excludes halogenated alkanes) is 19. The average Bonchev–Trinajstić information content (AvgIpc) is 3.05. The minimum absolute atomic E-state index is 0.0721. The van der Waals surface area contributed by atoms with E-state index in [9.17, 15) is 19.4 Å². The van der Waals surface area contributed by atoms with E-state index in [4.69, 9.17) is 14.8 Å². The molecule has 0 fully saturated rings.